The van der Waals surface area contributed by atoms with Crippen LogP contribution in [0.25, 0.3) is 0 Å². The Morgan fingerprint density at radius 2 is 2.03 bits per heavy atom. The molecule has 1 aliphatic rings. The second-order valence-electron chi connectivity index (χ2n) is 8.72. The van der Waals surface area contributed by atoms with Crippen LogP contribution in [-0.4, -0.2) is 42.4 Å². The highest BCUT2D eigenvalue weighted by atomic mass is 16.5. The van der Waals surface area contributed by atoms with Gasteiger partial charge in [-0.3, -0.25) is 4.79 Å². The highest BCUT2D eigenvalue weighted by Crippen LogP contribution is 2.24. The number of aryl methyl sites for hydroxylation is 1. The van der Waals surface area contributed by atoms with E-state index in [4.69, 9.17) is 14.6 Å². The van der Waals surface area contributed by atoms with Gasteiger partial charge in [0.2, 0.25) is 0 Å². The SMILES string of the molecule is C=C(/C=C/OCCNC)CCn1nc2c(c1NC/C=C\CC)C(=O)N/C=C(/Oc1ccccc1)C/C=C\C2. The van der Waals surface area contributed by atoms with Gasteiger partial charge in [0.15, 0.2) is 0 Å². The molecule has 202 valence electrons. The Labute approximate surface area is 225 Å². The van der Waals surface area contributed by atoms with Crippen molar-refractivity contribution in [3.05, 3.63) is 102 Å². The molecule has 3 N–H and O–H groups in total. The molecule has 2 aromatic rings. The van der Waals surface area contributed by atoms with Gasteiger partial charge in [0.05, 0.1) is 18.6 Å². The molecule has 0 spiro atoms. The van der Waals surface area contributed by atoms with E-state index in [9.17, 15) is 4.79 Å². The van der Waals surface area contributed by atoms with Crippen LogP contribution < -0.4 is 20.7 Å². The Morgan fingerprint density at radius 3 is 2.82 bits per heavy atom. The van der Waals surface area contributed by atoms with Crippen LogP contribution in [0.4, 0.5) is 5.82 Å². The fraction of sp³-hybridized carbons (Fsp3) is 0.333. The van der Waals surface area contributed by atoms with Crippen molar-refractivity contribution in [1.29, 1.82) is 0 Å². The predicted octanol–water partition coefficient (Wildman–Crippen LogP) is 5.11. The van der Waals surface area contributed by atoms with Crippen LogP contribution in [0.2, 0.25) is 0 Å². The maximum absolute atomic E-state index is 13.4. The van der Waals surface area contributed by atoms with Gasteiger partial charge in [-0.25, -0.2) is 4.68 Å². The Bertz CT molecular complexity index is 1160. The summed E-state index contributed by atoms with van der Waals surface area (Å²) in [6, 6.07) is 9.53. The number of likely N-dealkylation sites (N-methyl/N-ethyl adjacent to an activating group) is 1. The van der Waals surface area contributed by atoms with Crippen LogP contribution in [0.15, 0.2) is 91.1 Å². The molecule has 38 heavy (non-hydrogen) atoms. The minimum atomic E-state index is -0.227. The third kappa shape index (κ3) is 9.12. The van der Waals surface area contributed by atoms with E-state index < -0.39 is 0 Å². The van der Waals surface area contributed by atoms with Crippen LogP contribution in [-0.2, 0) is 17.7 Å². The molecule has 8 nitrogen and oxygen atoms in total. The lowest BCUT2D eigenvalue weighted by Crippen LogP contribution is -2.22. The zero-order valence-corrected chi connectivity index (χ0v) is 22.4. The number of carbonyl (C=O) groups excluding carboxylic acids is 1. The molecule has 2 heterocycles. The van der Waals surface area contributed by atoms with Crippen LogP contribution in [0.1, 0.15) is 42.2 Å². The number of fused-ring (bicyclic) bond motifs is 1. The number of hydrogen-bond donors (Lipinski definition) is 3. The van der Waals surface area contributed by atoms with Crippen LogP contribution in [0.3, 0.4) is 0 Å². The van der Waals surface area contributed by atoms with Crippen molar-refractivity contribution in [2.24, 2.45) is 0 Å². The first-order valence-electron chi connectivity index (χ1n) is 13.1. The minimum absolute atomic E-state index is 0.227. The lowest BCUT2D eigenvalue weighted by molar-refractivity contribution is 0.0968. The number of aromatic nitrogens is 2. The number of para-hydroxylation sites is 1. The normalized spacial score (nSPS) is 15.9. The minimum Gasteiger partial charge on any atom is -0.500 e. The second kappa shape index (κ2) is 15.9. The third-order valence-corrected chi connectivity index (χ3v) is 5.71. The summed E-state index contributed by atoms with van der Waals surface area (Å²) in [5.41, 5.74) is 2.17. The molecule has 1 aromatic carbocycles. The van der Waals surface area contributed by atoms with Gasteiger partial charge < -0.3 is 25.4 Å². The van der Waals surface area contributed by atoms with E-state index >= 15 is 0 Å². The summed E-state index contributed by atoms with van der Waals surface area (Å²) in [6.07, 6.45) is 16.1. The summed E-state index contributed by atoms with van der Waals surface area (Å²) in [7, 11) is 1.89. The second-order valence-corrected chi connectivity index (χ2v) is 8.72. The summed E-state index contributed by atoms with van der Waals surface area (Å²) < 4.78 is 13.3. The summed E-state index contributed by atoms with van der Waals surface area (Å²) in [5, 5.41) is 14.2. The van der Waals surface area contributed by atoms with E-state index in [1.807, 2.05) is 60.3 Å². The van der Waals surface area contributed by atoms with E-state index in [0.29, 0.717) is 56.1 Å². The molecule has 0 saturated heterocycles. The van der Waals surface area contributed by atoms with Crippen molar-refractivity contribution in [3.63, 3.8) is 0 Å². The van der Waals surface area contributed by atoms with E-state index in [0.717, 1.165) is 30.0 Å². The first-order chi connectivity index (χ1) is 18.6. The first-order valence-corrected chi connectivity index (χ1v) is 13.1. The maximum atomic E-state index is 13.4. The number of rotatable bonds is 14. The highest BCUT2D eigenvalue weighted by Gasteiger charge is 2.23. The van der Waals surface area contributed by atoms with Crippen molar-refractivity contribution in [3.8, 4) is 5.75 Å². The zero-order chi connectivity index (χ0) is 27.0. The topological polar surface area (TPSA) is 89.4 Å². The smallest absolute Gasteiger partial charge is 0.260 e. The van der Waals surface area contributed by atoms with E-state index in [1.165, 1.54) is 0 Å². The molecule has 1 aliphatic heterocycles. The third-order valence-electron chi connectivity index (χ3n) is 5.71. The number of anilines is 1. The van der Waals surface area contributed by atoms with Gasteiger partial charge in [0.1, 0.15) is 22.9 Å². The molecular weight excluding hydrogens is 478 g/mol. The fourth-order valence-electron chi connectivity index (χ4n) is 3.73. The largest absolute Gasteiger partial charge is 0.500 e. The number of nitrogens with one attached hydrogen (secondary N) is 3. The van der Waals surface area contributed by atoms with Crippen LogP contribution in [0, 0.1) is 0 Å². The van der Waals surface area contributed by atoms with Crippen molar-refractivity contribution in [1.82, 2.24) is 20.4 Å². The zero-order valence-electron chi connectivity index (χ0n) is 22.4. The average molecular weight is 518 g/mol. The molecule has 8 heteroatoms. The number of benzene rings is 1. The van der Waals surface area contributed by atoms with Gasteiger partial charge in [-0.1, -0.05) is 61.6 Å². The number of hydrogen-bond acceptors (Lipinski definition) is 6. The summed E-state index contributed by atoms with van der Waals surface area (Å²) in [6.45, 7) is 8.76. The average Bonchev–Trinajstić information content (AvgIpc) is 3.28. The Balaban J connectivity index is 1.79. The lowest BCUT2D eigenvalue weighted by Gasteiger charge is -2.12. The van der Waals surface area contributed by atoms with Crippen LogP contribution >= 0.6 is 0 Å². The summed E-state index contributed by atoms with van der Waals surface area (Å²) >= 11 is 0. The molecule has 0 fully saturated rings. The van der Waals surface area contributed by atoms with Crippen molar-refractivity contribution in [2.75, 3.05) is 32.1 Å². The maximum Gasteiger partial charge on any atom is 0.260 e. The molecule has 0 radical (unpaired) electrons. The first kappa shape index (κ1) is 28.5. The number of ether oxygens (including phenoxy) is 2. The highest BCUT2D eigenvalue weighted by molar-refractivity contribution is 6.00. The molecular formula is C30H39N5O3. The molecule has 0 aliphatic carbocycles. The molecule has 3 rings (SSSR count). The van der Waals surface area contributed by atoms with Crippen LogP contribution in [0.5, 0.6) is 5.75 Å². The molecule has 0 atom stereocenters. The van der Waals surface area contributed by atoms with Gasteiger partial charge in [0.25, 0.3) is 5.91 Å². The number of carbonyl (C=O) groups is 1. The number of amides is 1. The summed E-state index contributed by atoms with van der Waals surface area (Å²) in [5.74, 6) is 1.83. The van der Waals surface area contributed by atoms with E-state index in [2.05, 4.69) is 41.6 Å². The lowest BCUT2D eigenvalue weighted by atomic mass is 10.1. The standard InChI is InChI=1S/C30H39N5O3/c1-4-5-11-18-32-29-28-27(34-35(29)20-16-24(2)17-21-37-22-19-31-3)15-10-9-14-26(23-33-30(28)36)38-25-12-7-6-8-13-25/h5-13,17,21,23,31-32H,2,4,14-16,18-20,22H2,1,3H3,(H,33,36)/b10-9-,11-5-,21-17+,26-23+. The van der Waals surface area contributed by atoms with Crippen molar-refractivity contribution < 1.29 is 14.3 Å². The fourth-order valence-corrected chi connectivity index (χ4v) is 3.73. The van der Waals surface area contributed by atoms with Gasteiger partial charge in [0, 0.05) is 38.7 Å². The molecule has 1 amide bonds. The van der Waals surface area contributed by atoms with Gasteiger partial charge in [-0.15, -0.1) is 0 Å². The molecule has 0 saturated carbocycles. The van der Waals surface area contributed by atoms with E-state index in [1.54, 1.807) is 12.5 Å². The van der Waals surface area contributed by atoms with Crippen molar-refractivity contribution in [2.45, 2.75) is 39.2 Å². The molecule has 1 aromatic heterocycles. The number of nitrogens with zero attached hydrogens (tertiary/aromatic N) is 2. The molecule has 0 unspecified atom stereocenters. The van der Waals surface area contributed by atoms with Gasteiger partial charge >= 0.3 is 0 Å². The molecule has 0 bridgehead atoms. The van der Waals surface area contributed by atoms with Gasteiger partial charge in [-0.2, -0.15) is 5.10 Å². The Kier molecular flexibility index (Phi) is 12.0. The summed E-state index contributed by atoms with van der Waals surface area (Å²) in [4.78, 5) is 13.4. The quantitative estimate of drug-likeness (QED) is 0.140. The Morgan fingerprint density at radius 1 is 1.21 bits per heavy atom. The van der Waals surface area contributed by atoms with Gasteiger partial charge in [-0.05, 0) is 38.1 Å². The monoisotopic (exact) mass is 517 g/mol. The van der Waals surface area contributed by atoms with E-state index in [-0.39, 0.29) is 5.91 Å². The predicted molar refractivity (Wildman–Crippen MR) is 153 cm³/mol. The Hall–Kier alpha value is -4.04. The number of allylic oxidation sites excluding steroid dienone is 5. The van der Waals surface area contributed by atoms with Crippen molar-refractivity contribution >= 4 is 11.7 Å².